The molecule has 2 atom stereocenters. The van der Waals surface area contributed by atoms with Crippen molar-refractivity contribution in [2.75, 3.05) is 6.54 Å². The van der Waals surface area contributed by atoms with E-state index in [1.165, 1.54) is 6.08 Å². The van der Waals surface area contributed by atoms with Gasteiger partial charge in [0.2, 0.25) is 5.91 Å². The molecule has 3 nitrogen and oxygen atoms in total. The molecule has 0 unspecified atom stereocenters. The van der Waals surface area contributed by atoms with Crippen molar-refractivity contribution >= 4 is 5.91 Å². The summed E-state index contributed by atoms with van der Waals surface area (Å²) in [5.41, 5.74) is 0.694. The number of allylic oxidation sites excluding steroid dienone is 2. The van der Waals surface area contributed by atoms with Gasteiger partial charge < -0.3 is 10.2 Å². The molecule has 0 bridgehead atoms. The smallest absolute Gasteiger partial charge is 0.243 e. The first-order chi connectivity index (χ1) is 7.27. The lowest BCUT2D eigenvalue weighted by Gasteiger charge is -2.40. The highest BCUT2D eigenvalue weighted by Gasteiger charge is 2.42. The maximum absolute atomic E-state index is 13.7. The molecule has 0 aromatic rings. The highest BCUT2D eigenvalue weighted by Crippen LogP contribution is 2.33. The van der Waals surface area contributed by atoms with Gasteiger partial charge in [-0.1, -0.05) is 6.08 Å². The zero-order valence-electron chi connectivity index (χ0n) is 8.37. The molecular weight excluding hydrogens is 195 g/mol. The molecule has 3 rings (SSSR count). The maximum atomic E-state index is 13.7. The summed E-state index contributed by atoms with van der Waals surface area (Å²) in [5, 5.41) is 2.89. The van der Waals surface area contributed by atoms with Gasteiger partial charge >= 0.3 is 0 Å². The first-order valence-electron chi connectivity index (χ1n) is 5.40. The standard InChI is InChI=1S/C11H13FN2O/c12-7-3-1-4-8-10(7)14-6-2-5-9(14)11(15)13-8/h1,3,8-9H,2,4-6H2,(H,13,15)/t8-,9-/m1/s1. The summed E-state index contributed by atoms with van der Waals surface area (Å²) in [6.45, 7) is 0.811. The Morgan fingerprint density at radius 1 is 1.53 bits per heavy atom. The Morgan fingerprint density at radius 2 is 2.40 bits per heavy atom. The fourth-order valence-electron chi connectivity index (χ4n) is 2.73. The number of carbonyl (C=O) groups excluding carboxylic acids is 1. The Morgan fingerprint density at radius 3 is 3.27 bits per heavy atom. The maximum Gasteiger partial charge on any atom is 0.243 e. The highest BCUT2D eigenvalue weighted by atomic mass is 19.1. The molecule has 2 saturated heterocycles. The van der Waals surface area contributed by atoms with E-state index in [0.29, 0.717) is 12.1 Å². The summed E-state index contributed by atoms with van der Waals surface area (Å²) in [4.78, 5) is 13.7. The van der Waals surface area contributed by atoms with Crippen molar-refractivity contribution in [3.05, 3.63) is 23.7 Å². The zero-order valence-corrected chi connectivity index (χ0v) is 8.37. The quantitative estimate of drug-likeness (QED) is 0.646. The van der Waals surface area contributed by atoms with Gasteiger partial charge in [-0.3, -0.25) is 4.79 Å². The van der Waals surface area contributed by atoms with Gasteiger partial charge in [0.25, 0.3) is 0 Å². The van der Waals surface area contributed by atoms with Crippen molar-refractivity contribution in [3.8, 4) is 0 Å². The fraction of sp³-hybridized carbons (Fsp3) is 0.545. The SMILES string of the molecule is O=C1N[C@@H]2CC=CC(F)=C2N2CCC[C@H]12. The second-order valence-corrected chi connectivity index (χ2v) is 4.28. The van der Waals surface area contributed by atoms with Gasteiger partial charge in [0.1, 0.15) is 11.9 Å². The van der Waals surface area contributed by atoms with Gasteiger partial charge in [0, 0.05) is 6.54 Å². The van der Waals surface area contributed by atoms with Gasteiger partial charge in [-0.05, 0) is 25.3 Å². The molecule has 15 heavy (non-hydrogen) atoms. The molecule has 1 N–H and O–H groups in total. The van der Waals surface area contributed by atoms with E-state index in [0.717, 1.165) is 19.4 Å². The third-order valence-electron chi connectivity index (χ3n) is 3.39. The minimum absolute atomic E-state index is 0.0596. The van der Waals surface area contributed by atoms with Crippen LogP contribution in [0.5, 0.6) is 0 Å². The van der Waals surface area contributed by atoms with Crippen LogP contribution in [0.1, 0.15) is 19.3 Å². The number of fused-ring (bicyclic) bond motifs is 3. The van der Waals surface area contributed by atoms with E-state index in [1.807, 2.05) is 4.90 Å². The molecule has 3 aliphatic rings. The van der Waals surface area contributed by atoms with E-state index in [9.17, 15) is 9.18 Å². The Hall–Kier alpha value is -1.32. The molecule has 2 heterocycles. The van der Waals surface area contributed by atoms with Crippen LogP contribution in [0.25, 0.3) is 0 Å². The van der Waals surface area contributed by atoms with Gasteiger partial charge in [0.05, 0.1) is 11.7 Å². The van der Waals surface area contributed by atoms with Crippen molar-refractivity contribution in [2.45, 2.75) is 31.3 Å². The van der Waals surface area contributed by atoms with Crippen molar-refractivity contribution in [1.29, 1.82) is 0 Å². The van der Waals surface area contributed by atoms with Crippen molar-refractivity contribution in [3.63, 3.8) is 0 Å². The predicted molar refractivity (Wildman–Crippen MR) is 53.5 cm³/mol. The number of nitrogens with zero attached hydrogens (tertiary/aromatic N) is 1. The van der Waals surface area contributed by atoms with Gasteiger partial charge in [-0.25, -0.2) is 4.39 Å². The fourth-order valence-corrected chi connectivity index (χ4v) is 2.73. The molecular formula is C11H13FN2O. The molecule has 1 aliphatic carbocycles. The van der Waals surface area contributed by atoms with Crippen LogP contribution >= 0.6 is 0 Å². The molecule has 0 saturated carbocycles. The van der Waals surface area contributed by atoms with Crippen LogP contribution in [0, 0.1) is 0 Å². The molecule has 0 aromatic carbocycles. The number of nitrogens with one attached hydrogen (secondary N) is 1. The number of piperazine rings is 1. The second-order valence-electron chi connectivity index (χ2n) is 4.28. The lowest BCUT2D eigenvalue weighted by molar-refractivity contribution is -0.127. The molecule has 0 radical (unpaired) electrons. The molecule has 0 spiro atoms. The Bertz CT molecular complexity index is 375. The first-order valence-corrected chi connectivity index (χ1v) is 5.40. The third-order valence-corrected chi connectivity index (χ3v) is 3.39. The van der Waals surface area contributed by atoms with Crippen LogP contribution in [-0.4, -0.2) is 29.4 Å². The van der Waals surface area contributed by atoms with E-state index in [1.54, 1.807) is 6.08 Å². The Balaban J connectivity index is 2.03. The monoisotopic (exact) mass is 208 g/mol. The zero-order chi connectivity index (χ0) is 10.4. The largest absolute Gasteiger partial charge is 0.359 e. The van der Waals surface area contributed by atoms with Crippen LogP contribution < -0.4 is 5.32 Å². The number of hydrogen-bond donors (Lipinski definition) is 1. The highest BCUT2D eigenvalue weighted by molar-refractivity contribution is 5.84. The summed E-state index contributed by atoms with van der Waals surface area (Å²) >= 11 is 0. The van der Waals surface area contributed by atoms with Crippen molar-refractivity contribution < 1.29 is 9.18 Å². The van der Waals surface area contributed by atoms with E-state index < -0.39 is 0 Å². The molecule has 0 aromatic heterocycles. The van der Waals surface area contributed by atoms with Crippen molar-refractivity contribution in [1.82, 2.24) is 10.2 Å². The number of halogens is 1. The van der Waals surface area contributed by atoms with Crippen molar-refractivity contribution in [2.24, 2.45) is 0 Å². The topological polar surface area (TPSA) is 32.3 Å². The predicted octanol–water partition coefficient (Wildman–Crippen LogP) is 1.09. The Labute approximate surface area is 87.6 Å². The average Bonchev–Trinajstić information content (AvgIpc) is 2.66. The van der Waals surface area contributed by atoms with E-state index in [-0.39, 0.29) is 23.8 Å². The van der Waals surface area contributed by atoms with Crippen LogP contribution in [-0.2, 0) is 4.79 Å². The van der Waals surface area contributed by atoms with Crippen LogP contribution in [0.2, 0.25) is 0 Å². The third kappa shape index (κ3) is 1.20. The molecule has 2 aliphatic heterocycles. The number of carbonyl (C=O) groups is 1. The lowest BCUT2D eigenvalue weighted by atomic mass is 9.98. The minimum Gasteiger partial charge on any atom is -0.359 e. The van der Waals surface area contributed by atoms with Crippen LogP contribution in [0.3, 0.4) is 0 Å². The normalized spacial score (nSPS) is 33.9. The summed E-state index contributed by atoms with van der Waals surface area (Å²) in [6, 6.07) is -0.273. The molecule has 2 fully saturated rings. The van der Waals surface area contributed by atoms with Gasteiger partial charge in [0.15, 0.2) is 0 Å². The lowest BCUT2D eigenvalue weighted by Crippen LogP contribution is -2.56. The van der Waals surface area contributed by atoms with Crippen LogP contribution in [0.15, 0.2) is 23.7 Å². The summed E-state index contributed by atoms with van der Waals surface area (Å²) in [7, 11) is 0. The second kappa shape index (κ2) is 3.08. The molecule has 1 amide bonds. The summed E-state index contributed by atoms with van der Waals surface area (Å²) in [6.07, 6.45) is 5.82. The number of hydrogen-bond acceptors (Lipinski definition) is 2. The number of amides is 1. The summed E-state index contributed by atoms with van der Waals surface area (Å²) < 4.78 is 13.7. The minimum atomic E-state index is -0.182. The number of rotatable bonds is 0. The molecule has 4 heteroatoms. The Kier molecular flexibility index (Phi) is 1.84. The van der Waals surface area contributed by atoms with E-state index in [4.69, 9.17) is 0 Å². The van der Waals surface area contributed by atoms with E-state index in [2.05, 4.69) is 5.32 Å². The molecule has 80 valence electrons. The average molecular weight is 208 g/mol. The van der Waals surface area contributed by atoms with Crippen LogP contribution in [0.4, 0.5) is 4.39 Å². The van der Waals surface area contributed by atoms with Gasteiger partial charge in [-0.2, -0.15) is 0 Å². The van der Waals surface area contributed by atoms with E-state index >= 15 is 0 Å². The van der Waals surface area contributed by atoms with Gasteiger partial charge in [-0.15, -0.1) is 0 Å². The summed E-state index contributed by atoms with van der Waals surface area (Å²) in [5.74, 6) is -0.123. The first kappa shape index (κ1) is 8.95.